The van der Waals surface area contributed by atoms with Crippen LogP contribution in [0.3, 0.4) is 0 Å². The minimum Gasteiger partial charge on any atom is -0.339 e. The van der Waals surface area contributed by atoms with Crippen LogP contribution < -0.4 is 0 Å². The average molecular weight is 388 g/mol. The molecule has 0 N–H and O–H groups in total. The smallest absolute Gasteiger partial charge is 0.339 e. The molecule has 1 aromatic carbocycles. The summed E-state index contributed by atoms with van der Waals surface area (Å²) in [6.45, 7) is 0. The van der Waals surface area contributed by atoms with Gasteiger partial charge in [-0.15, -0.1) is 0 Å². The summed E-state index contributed by atoms with van der Waals surface area (Å²) >= 11 is 0. The summed E-state index contributed by atoms with van der Waals surface area (Å²) < 4.78 is 46.9. The van der Waals surface area contributed by atoms with E-state index in [1.165, 1.54) is 4.68 Å². The van der Waals surface area contributed by atoms with Gasteiger partial charge in [-0.3, -0.25) is 0 Å². The second kappa shape index (κ2) is 6.46. The average Bonchev–Trinajstić information content (AvgIpc) is 3.29. The fourth-order valence-corrected chi connectivity index (χ4v) is 3.82. The SMILES string of the molecule is FC(F)(F)c1nn(-c2ccc(Cc3nc(C4CC4)no3)cc2)c2c1CCCC2. The molecule has 146 valence electrons. The Balaban J connectivity index is 1.41. The first-order valence-corrected chi connectivity index (χ1v) is 9.59. The van der Waals surface area contributed by atoms with Gasteiger partial charge in [0.25, 0.3) is 0 Å². The first-order chi connectivity index (χ1) is 13.5. The molecule has 28 heavy (non-hydrogen) atoms. The molecular weight excluding hydrogens is 369 g/mol. The van der Waals surface area contributed by atoms with Gasteiger partial charge in [0, 0.05) is 17.2 Å². The lowest BCUT2D eigenvalue weighted by Gasteiger charge is -2.14. The third kappa shape index (κ3) is 3.21. The van der Waals surface area contributed by atoms with Crippen LogP contribution in [0, 0.1) is 0 Å². The van der Waals surface area contributed by atoms with E-state index in [0.29, 0.717) is 48.0 Å². The molecule has 0 atom stereocenters. The molecule has 8 heteroatoms. The summed E-state index contributed by atoms with van der Waals surface area (Å²) in [6, 6.07) is 7.35. The third-order valence-corrected chi connectivity index (χ3v) is 5.41. The third-order valence-electron chi connectivity index (χ3n) is 5.41. The minimum atomic E-state index is -4.43. The Hall–Kier alpha value is -2.64. The normalized spacial score (nSPS) is 17.0. The molecule has 0 spiro atoms. The molecule has 0 saturated heterocycles. The molecule has 5 nitrogen and oxygen atoms in total. The molecule has 1 saturated carbocycles. The first kappa shape index (κ1) is 17.5. The van der Waals surface area contributed by atoms with E-state index in [4.69, 9.17) is 4.52 Å². The number of rotatable bonds is 4. The van der Waals surface area contributed by atoms with Crippen molar-refractivity contribution in [2.24, 2.45) is 0 Å². The van der Waals surface area contributed by atoms with E-state index in [9.17, 15) is 13.2 Å². The number of nitrogens with zero attached hydrogens (tertiary/aromatic N) is 4. The van der Waals surface area contributed by atoms with Gasteiger partial charge in [0.05, 0.1) is 12.1 Å². The van der Waals surface area contributed by atoms with Gasteiger partial charge in [0.2, 0.25) is 5.89 Å². The van der Waals surface area contributed by atoms with Crippen molar-refractivity contribution in [2.45, 2.75) is 57.0 Å². The number of hydrogen-bond donors (Lipinski definition) is 0. The summed E-state index contributed by atoms with van der Waals surface area (Å²) in [4.78, 5) is 4.42. The molecule has 2 heterocycles. The predicted molar refractivity (Wildman–Crippen MR) is 94.3 cm³/mol. The largest absolute Gasteiger partial charge is 0.435 e. The molecule has 0 unspecified atom stereocenters. The maximum absolute atomic E-state index is 13.4. The number of fused-ring (bicyclic) bond motifs is 1. The fraction of sp³-hybridized carbons (Fsp3) is 0.450. The highest BCUT2D eigenvalue weighted by atomic mass is 19.4. The highest BCUT2D eigenvalue weighted by molar-refractivity contribution is 5.41. The van der Waals surface area contributed by atoms with Crippen LogP contribution in [0.1, 0.15) is 65.8 Å². The maximum Gasteiger partial charge on any atom is 0.435 e. The fourth-order valence-electron chi connectivity index (χ4n) is 3.82. The maximum atomic E-state index is 13.4. The van der Waals surface area contributed by atoms with Gasteiger partial charge in [-0.2, -0.15) is 23.3 Å². The number of benzene rings is 1. The van der Waals surface area contributed by atoms with Gasteiger partial charge in [0.15, 0.2) is 11.5 Å². The summed E-state index contributed by atoms with van der Waals surface area (Å²) in [5, 5.41) is 7.93. The molecule has 3 aromatic rings. The molecule has 1 fully saturated rings. The van der Waals surface area contributed by atoms with Crippen LogP contribution in [0.2, 0.25) is 0 Å². The zero-order valence-corrected chi connectivity index (χ0v) is 15.2. The number of alkyl halides is 3. The lowest BCUT2D eigenvalue weighted by molar-refractivity contribution is -0.142. The second-order valence-corrected chi connectivity index (χ2v) is 7.55. The molecule has 2 aliphatic carbocycles. The van der Waals surface area contributed by atoms with Crippen molar-refractivity contribution < 1.29 is 17.7 Å². The quantitative estimate of drug-likeness (QED) is 0.654. The van der Waals surface area contributed by atoms with E-state index >= 15 is 0 Å². The van der Waals surface area contributed by atoms with Crippen LogP contribution in [0.4, 0.5) is 13.2 Å². The van der Waals surface area contributed by atoms with E-state index in [1.807, 2.05) is 12.1 Å². The van der Waals surface area contributed by atoms with E-state index in [1.54, 1.807) is 12.1 Å². The Morgan fingerprint density at radius 3 is 2.54 bits per heavy atom. The highest BCUT2D eigenvalue weighted by Crippen LogP contribution is 2.38. The summed E-state index contributed by atoms with van der Waals surface area (Å²) in [5.41, 5.74) is 1.89. The number of hydrogen-bond acceptors (Lipinski definition) is 4. The Bertz CT molecular complexity index is 1000. The molecule has 5 rings (SSSR count). The van der Waals surface area contributed by atoms with Crippen molar-refractivity contribution in [1.82, 2.24) is 19.9 Å². The van der Waals surface area contributed by atoms with Gasteiger partial charge < -0.3 is 4.52 Å². The van der Waals surface area contributed by atoms with Crippen LogP contribution in [0.25, 0.3) is 5.69 Å². The van der Waals surface area contributed by atoms with Crippen LogP contribution in [0.15, 0.2) is 28.8 Å². The lowest BCUT2D eigenvalue weighted by Crippen LogP contribution is -2.11. The Kier molecular flexibility index (Phi) is 4.03. The standard InChI is InChI=1S/C20H19F3N4O/c21-20(22,23)18-15-3-1-2-4-16(15)27(25-18)14-9-5-12(6-10-14)11-17-24-19(26-28-17)13-7-8-13/h5-6,9-10,13H,1-4,7-8,11H2. The first-order valence-electron chi connectivity index (χ1n) is 9.59. The predicted octanol–water partition coefficient (Wildman–Crippen LogP) is 4.62. The Labute approximate surface area is 159 Å². The van der Waals surface area contributed by atoms with Crippen molar-refractivity contribution >= 4 is 0 Å². The number of halogens is 3. The molecule has 0 amide bonds. The van der Waals surface area contributed by atoms with Gasteiger partial charge in [-0.25, -0.2) is 4.68 Å². The van der Waals surface area contributed by atoms with Gasteiger partial charge in [-0.05, 0) is 56.2 Å². The second-order valence-electron chi connectivity index (χ2n) is 7.55. The molecule has 0 radical (unpaired) electrons. The van der Waals surface area contributed by atoms with Crippen molar-refractivity contribution in [3.63, 3.8) is 0 Å². The Morgan fingerprint density at radius 2 is 1.82 bits per heavy atom. The van der Waals surface area contributed by atoms with E-state index in [0.717, 1.165) is 37.1 Å². The van der Waals surface area contributed by atoms with Crippen molar-refractivity contribution in [1.29, 1.82) is 0 Å². The molecule has 2 aliphatic rings. The molecule has 0 aliphatic heterocycles. The van der Waals surface area contributed by atoms with Gasteiger partial charge in [-0.1, -0.05) is 17.3 Å². The number of aromatic nitrogens is 4. The van der Waals surface area contributed by atoms with Gasteiger partial charge in [0.1, 0.15) is 0 Å². The van der Waals surface area contributed by atoms with Crippen LogP contribution in [-0.2, 0) is 25.4 Å². The van der Waals surface area contributed by atoms with Crippen molar-refractivity contribution in [3.8, 4) is 5.69 Å². The van der Waals surface area contributed by atoms with Crippen LogP contribution in [-0.4, -0.2) is 19.9 Å². The van der Waals surface area contributed by atoms with E-state index in [-0.39, 0.29) is 0 Å². The zero-order chi connectivity index (χ0) is 19.3. The zero-order valence-electron chi connectivity index (χ0n) is 15.2. The highest BCUT2D eigenvalue weighted by Gasteiger charge is 2.39. The topological polar surface area (TPSA) is 56.7 Å². The summed E-state index contributed by atoms with van der Waals surface area (Å²) in [7, 11) is 0. The van der Waals surface area contributed by atoms with E-state index in [2.05, 4.69) is 15.2 Å². The van der Waals surface area contributed by atoms with Gasteiger partial charge >= 0.3 is 6.18 Å². The lowest BCUT2D eigenvalue weighted by atomic mass is 9.95. The summed E-state index contributed by atoms with van der Waals surface area (Å²) in [6.07, 6.45) is 1.01. The van der Waals surface area contributed by atoms with Crippen LogP contribution in [0.5, 0.6) is 0 Å². The summed E-state index contributed by atoms with van der Waals surface area (Å²) in [5.74, 6) is 1.77. The van der Waals surface area contributed by atoms with E-state index < -0.39 is 11.9 Å². The Morgan fingerprint density at radius 1 is 1.07 bits per heavy atom. The molecule has 2 aromatic heterocycles. The molecular formula is C20H19F3N4O. The van der Waals surface area contributed by atoms with Crippen molar-refractivity contribution in [2.75, 3.05) is 0 Å². The van der Waals surface area contributed by atoms with Crippen molar-refractivity contribution in [3.05, 3.63) is 58.5 Å². The molecule has 0 bridgehead atoms. The monoisotopic (exact) mass is 388 g/mol. The minimum absolute atomic E-state index is 0.348. The van der Waals surface area contributed by atoms with Crippen LogP contribution >= 0.6 is 0 Å².